The third-order valence-corrected chi connectivity index (χ3v) is 7.12. The molecule has 0 bridgehead atoms. The van der Waals surface area contributed by atoms with Gasteiger partial charge in [-0.1, -0.05) is 67.4 Å². The molecule has 0 saturated carbocycles. The van der Waals surface area contributed by atoms with Crippen LogP contribution in [0.2, 0.25) is 10.0 Å². The van der Waals surface area contributed by atoms with Gasteiger partial charge in [0.25, 0.3) is 5.91 Å². The molecule has 0 saturated heterocycles. The zero-order chi connectivity index (χ0) is 26.6. The van der Waals surface area contributed by atoms with Gasteiger partial charge in [-0.2, -0.15) is 0 Å². The first-order valence-corrected chi connectivity index (χ1v) is 13.2. The predicted octanol–water partition coefficient (Wildman–Crippen LogP) is 6.39. The maximum Gasteiger partial charge on any atom is 0.251 e. The minimum Gasteiger partial charge on any atom is -0.343 e. The highest BCUT2D eigenvalue weighted by molar-refractivity contribution is 7.14. The van der Waals surface area contributed by atoms with E-state index in [0.717, 1.165) is 27.9 Å². The smallest absolute Gasteiger partial charge is 0.251 e. The molecular formula is C28H26Cl2N4O2S. The summed E-state index contributed by atoms with van der Waals surface area (Å²) in [7, 11) is 0. The molecule has 1 heterocycles. The van der Waals surface area contributed by atoms with Crippen LogP contribution in [0, 0.1) is 0 Å². The summed E-state index contributed by atoms with van der Waals surface area (Å²) in [5.41, 5.74) is 10.5. The molecular weight excluding hydrogens is 527 g/mol. The number of carbonyl (C=O) groups excluding carboxylic acids is 2. The molecule has 0 unspecified atom stereocenters. The van der Waals surface area contributed by atoms with Crippen LogP contribution in [-0.2, 0) is 10.2 Å². The second kappa shape index (κ2) is 11.4. The van der Waals surface area contributed by atoms with Crippen molar-refractivity contribution >= 4 is 51.5 Å². The molecule has 190 valence electrons. The molecule has 0 aliphatic heterocycles. The lowest BCUT2D eigenvalue weighted by molar-refractivity contribution is -0.115. The van der Waals surface area contributed by atoms with Crippen LogP contribution in [0.4, 0.5) is 5.13 Å². The zero-order valence-corrected chi connectivity index (χ0v) is 22.7. The number of anilines is 1. The minimum atomic E-state index is -0.366. The van der Waals surface area contributed by atoms with Crippen LogP contribution in [0.5, 0.6) is 0 Å². The number of nitrogens with one attached hydrogen (secondary N) is 2. The SMILES string of the molecule is CC(C)(CN)c1cccc(C(=O)NCC(=O)Nc2nc(-c3cccc(-c4cc(Cl)cc(Cl)c4)c3)cs2)c1. The standard InChI is InChI=1S/C28H26Cl2N4O2S/c1-28(2,16-31)21-8-4-7-19(10-21)26(36)32-14-25(35)34-27-33-24(15-37-27)18-6-3-5-17(9-18)20-11-22(29)13-23(30)12-20/h3-13,15H,14,16,31H2,1-2H3,(H,32,36)(H,33,34,35). The molecule has 4 N–H and O–H groups in total. The van der Waals surface area contributed by atoms with E-state index in [2.05, 4.69) is 15.6 Å². The van der Waals surface area contributed by atoms with E-state index in [1.54, 1.807) is 18.2 Å². The molecule has 0 fully saturated rings. The highest BCUT2D eigenvalue weighted by Gasteiger charge is 2.20. The van der Waals surface area contributed by atoms with Crippen molar-refractivity contribution in [2.45, 2.75) is 19.3 Å². The molecule has 0 spiro atoms. The second-order valence-electron chi connectivity index (χ2n) is 9.18. The number of nitrogens with two attached hydrogens (primary N) is 1. The van der Waals surface area contributed by atoms with Gasteiger partial charge in [-0.05, 0) is 53.1 Å². The zero-order valence-electron chi connectivity index (χ0n) is 20.3. The van der Waals surface area contributed by atoms with Gasteiger partial charge >= 0.3 is 0 Å². The molecule has 3 aromatic carbocycles. The van der Waals surface area contributed by atoms with Gasteiger partial charge in [0.1, 0.15) is 0 Å². The number of carbonyl (C=O) groups is 2. The average Bonchev–Trinajstić information content (AvgIpc) is 3.35. The van der Waals surface area contributed by atoms with Crippen LogP contribution >= 0.6 is 34.5 Å². The van der Waals surface area contributed by atoms with E-state index in [4.69, 9.17) is 28.9 Å². The van der Waals surface area contributed by atoms with Gasteiger partial charge in [0.05, 0.1) is 12.2 Å². The van der Waals surface area contributed by atoms with Crippen LogP contribution < -0.4 is 16.4 Å². The van der Waals surface area contributed by atoms with Crippen molar-refractivity contribution in [2.24, 2.45) is 5.73 Å². The number of halogens is 2. The third kappa shape index (κ3) is 6.76. The fraction of sp³-hybridized carbons (Fsp3) is 0.179. The first-order valence-electron chi connectivity index (χ1n) is 11.6. The summed E-state index contributed by atoms with van der Waals surface area (Å²) in [4.78, 5) is 29.6. The summed E-state index contributed by atoms with van der Waals surface area (Å²) in [6.07, 6.45) is 0. The Morgan fingerprint density at radius 2 is 1.65 bits per heavy atom. The van der Waals surface area contributed by atoms with Crippen molar-refractivity contribution in [3.63, 3.8) is 0 Å². The van der Waals surface area contributed by atoms with Gasteiger partial charge in [-0.3, -0.25) is 9.59 Å². The quantitative estimate of drug-likeness (QED) is 0.236. The van der Waals surface area contributed by atoms with E-state index in [1.807, 2.05) is 67.8 Å². The molecule has 1 aromatic heterocycles. The van der Waals surface area contributed by atoms with Crippen molar-refractivity contribution in [2.75, 3.05) is 18.4 Å². The molecule has 4 aromatic rings. The molecule has 9 heteroatoms. The summed E-state index contributed by atoms with van der Waals surface area (Å²) in [5, 5.41) is 8.84. The molecule has 0 atom stereocenters. The summed E-state index contributed by atoms with van der Waals surface area (Å²) in [6.45, 7) is 4.31. The topological polar surface area (TPSA) is 97.1 Å². The lowest BCUT2D eigenvalue weighted by atomic mass is 9.84. The molecule has 2 amide bonds. The maximum absolute atomic E-state index is 12.6. The minimum absolute atomic E-state index is 0.177. The van der Waals surface area contributed by atoms with Gasteiger partial charge in [0, 0.05) is 38.5 Å². The Morgan fingerprint density at radius 3 is 2.38 bits per heavy atom. The Bertz CT molecular complexity index is 1430. The Kier molecular flexibility index (Phi) is 8.29. The fourth-order valence-corrected chi connectivity index (χ4v) is 4.93. The summed E-state index contributed by atoms with van der Waals surface area (Å²) in [6, 6.07) is 20.5. The second-order valence-corrected chi connectivity index (χ2v) is 10.9. The highest BCUT2D eigenvalue weighted by atomic mass is 35.5. The van der Waals surface area contributed by atoms with Crippen molar-refractivity contribution in [1.29, 1.82) is 0 Å². The number of benzene rings is 3. The molecule has 37 heavy (non-hydrogen) atoms. The van der Waals surface area contributed by atoms with Crippen LogP contribution in [-0.4, -0.2) is 29.9 Å². The molecule has 0 aliphatic carbocycles. The number of thiazole rings is 1. The lowest BCUT2D eigenvalue weighted by Gasteiger charge is -2.23. The van der Waals surface area contributed by atoms with E-state index >= 15 is 0 Å². The van der Waals surface area contributed by atoms with Crippen molar-refractivity contribution in [1.82, 2.24) is 10.3 Å². The van der Waals surface area contributed by atoms with E-state index in [1.165, 1.54) is 11.3 Å². The molecule has 0 aliphatic rings. The number of hydrogen-bond donors (Lipinski definition) is 3. The number of aromatic nitrogens is 1. The normalized spacial score (nSPS) is 11.3. The monoisotopic (exact) mass is 552 g/mol. The van der Waals surface area contributed by atoms with E-state index < -0.39 is 0 Å². The van der Waals surface area contributed by atoms with Crippen molar-refractivity contribution < 1.29 is 9.59 Å². The van der Waals surface area contributed by atoms with E-state index in [0.29, 0.717) is 27.3 Å². The lowest BCUT2D eigenvalue weighted by Crippen LogP contribution is -2.33. The van der Waals surface area contributed by atoms with Gasteiger partial charge in [0.15, 0.2) is 5.13 Å². The van der Waals surface area contributed by atoms with Crippen molar-refractivity contribution in [3.8, 4) is 22.4 Å². The van der Waals surface area contributed by atoms with Gasteiger partial charge < -0.3 is 16.4 Å². The number of amides is 2. The Balaban J connectivity index is 1.38. The van der Waals surface area contributed by atoms with Crippen LogP contribution in [0.3, 0.4) is 0 Å². The van der Waals surface area contributed by atoms with E-state index in [-0.39, 0.29) is 23.8 Å². The summed E-state index contributed by atoms with van der Waals surface area (Å²) < 4.78 is 0. The maximum atomic E-state index is 12.6. The van der Waals surface area contributed by atoms with E-state index in [9.17, 15) is 9.59 Å². The molecule has 0 radical (unpaired) electrons. The van der Waals surface area contributed by atoms with Crippen molar-refractivity contribution in [3.05, 3.63) is 93.3 Å². The van der Waals surface area contributed by atoms with Gasteiger partial charge in [-0.25, -0.2) is 4.98 Å². The van der Waals surface area contributed by atoms with Gasteiger partial charge in [-0.15, -0.1) is 11.3 Å². The fourth-order valence-electron chi connectivity index (χ4n) is 3.67. The Morgan fingerprint density at radius 1 is 0.946 bits per heavy atom. The first-order chi connectivity index (χ1) is 17.6. The predicted molar refractivity (Wildman–Crippen MR) is 152 cm³/mol. The molecule has 4 rings (SSSR count). The summed E-state index contributed by atoms with van der Waals surface area (Å²) in [5.74, 6) is -0.697. The van der Waals surface area contributed by atoms with Crippen LogP contribution in [0.15, 0.2) is 72.1 Å². The number of hydrogen-bond acceptors (Lipinski definition) is 5. The number of nitrogens with zero attached hydrogens (tertiary/aromatic N) is 1. The van der Waals surface area contributed by atoms with Crippen LogP contribution in [0.1, 0.15) is 29.8 Å². The molecule has 6 nitrogen and oxygen atoms in total. The third-order valence-electron chi connectivity index (χ3n) is 5.93. The highest BCUT2D eigenvalue weighted by Crippen LogP contribution is 2.31. The Hall–Kier alpha value is -3.23. The number of rotatable bonds is 8. The largest absolute Gasteiger partial charge is 0.343 e. The van der Waals surface area contributed by atoms with Crippen LogP contribution in [0.25, 0.3) is 22.4 Å². The first kappa shape index (κ1) is 26.8. The van der Waals surface area contributed by atoms with Gasteiger partial charge in [0.2, 0.25) is 5.91 Å². The average molecular weight is 554 g/mol. The summed E-state index contributed by atoms with van der Waals surface area (Å²) >= 11 is 13.6. The Labute approximate surface area is 229 Å².